The van der Waals surface area contributed by atoms with E-state index in [2.05, 4.69) is 5.32 Å². The molecule has 2 N–H and O–H groups in total. The number of morpholine rings is 1. The predicted octanol–water partition coefficient (Wildman–Crippen LogP) is 1.66. The van der Waals surface area contributed by atoms with Crippen molar-refractivity contribution in [3.05, 3.63) is 34.4 Å². The summed E-state index contributed by atoms with van der Waals surface area (Å²) in [6, 6.07) is 3.53. The topological polar surface area (TPSA) is 58.6 Å². The van der Waals surface area contributed by atoms with Crippen LogP contribution in [0.1, 0.15) is 33.2 Å². The number of hydrogen-bond acceptors (Lipinski definition) is 3. The van der Waals surface area contributed by atoms with Crippen molar-refractivity contribution in [1.82, 2.24) is 5.32 Å². The molecular weight excluding hydrogens is 218 g/mol. The largest absolute Gasteiger partial charge is 0.478 e. The van der Waals surface area contributed by atoms with E-state index in [1.54, 1.807) is 6.07 Å². The van der Waals surface area contributed by atoms with Crippen LogP contribution < -0.4 is 5.32 Å². The van der Waals surface area contributed by atoms with Gasteiger partial charge in [0.15, 0.2) is 0 Å². The number of carbonyl (C=O) groups is 1. The molecule has 17 heavy (non-hydrogen) atoms. The molecule has 1 unspecified atom stereocenters. The quantitative estimate of drug-likeness (QED) is 0.818. The molecule has 1 aromatic carbocycles. The molecule has 4 nitrogen and oxygen atoms in total. The van der Waals surface area contributed by atoms with Crippen LogP contribution in [-0.4, -0.2) is 30.8 Å². The number of hydrogen-bond donors (Lipinski definition) is 2. The SMILES string of the molecule is Cc1c(C(=O)O)ccc(C2CNCCO2)c1C. The lowest BCUT2D eigenvalue weighted by molar-refractivity contribution is 0.0272. The Balaban J connectivity index is 2.36. The van der Waals surface area contributed by atoms with Crippen molar-refractivity contribution in [2.75, 3.05) is 19.7 Å². The highest BCUT2D eigenvalue weighted by atomic mass is 16.5. The van der Waals surface area contributed by atoms with Crippen molar-refractivity contribution >= 4 is 5.97 Å². The first kappa shape index (κ1) is 12.1. The van der Waals surface area contributed by atoms with E-state index >= 15 is 0 Å². The number of nitrogens with one attached hydrogen (secondary N) is 1. The summed E-state index contributed by atoms with van der Waals surface area (Å²) < 4.78 is 5.69. The van der Waals surface area contributed by atoms with E-state index in [1.807, 2.05) is 19.9 Å². The van der Waals surface area contributed by atoms with Crippen molar-refractivity contribution in [2.45, 2.75) is 20.0 Å². The van der Waals surface area contributed by atoms with Gasteiger partial charge in [-0.25, -0.2) is 4.79 Å². The third-order valence-electron chi connectivity index (χ3n) is 3.33. The van der Waals surface area contributed by atoms with Crippen LogP contribution >= 0.6 is 0 Å². The van der Waals surface area contributed by atoms with Gasteiger partial charge in [-0.1, -0.05) is 6.07 Å². The normalized spacial score (nSPS) is 20.2. The summed E-state index contributed by atoms with van der Waals surface area (Å²) in [6.45, 7) is 6.16. The first-order valence-corrected chi connectivity index (χ1v) is 5.77. The summed E-state index contributed by atoms with van der Waals surface area (Å²) in [5.41, 5.74) is 3.29. The molecule has 0 bridgehead atoms. The van der Waals surface area contributed by atoms with Gasteiger partial charge in [0.1, 0.15) is 0 Å². The van der Waals surface area contributed by atoms with Crippen LogP contribution in [0.2, 0.25) is 0 Å². The third-order valence-corrected chi connectivity index (χ3v) is 3.33. The molecule has 1 saturated heterocycles. The zero-order chi connectivity index (χ0) is 12.4. The van der Waals surface area contributed by atoms with Crippen LogP contribution in [-0.2, 0) is 4.74 Å². The molecule has 0 aliphatic carbocycles. The second kappa shape index (κ2) is 4.85. The fourth-order valence-corrected chi connectivity index (χ4v) is 2.19. The third kappa shape index (κ3) is 2.33. The molecule has 1 heterocycles. The Kier molecular flexibility index (Phi) is 3.45. The molecule has 0 amide bonds. The highest BCUT2D eigenvalue weighted by molar-refractivity contribution is 5.89. The van der Waals surface area contributed by atoms with E-state index in [-0.39, 0.29) is 6.10 Å². The monoisotopic (exact) mass is 235 g/mol. The summed E-state index contributed by atoms with van der Waals surface area (Å²) in [7, 11) is 0. The fraction of sp³-hybridized carbons (Fsp3) is 0.462. The molecule has 0 saturated carbocycles. The van der Waals surface area contributed by atoms with Gasteiger partial charge < -0.3 is 15.2 Å². The van der Waals surface area contributed by atoms with Gasteiger partial charge in [0.2, 0.25) is 0 Å². The zero-order valence-electron chi connectivity index (χ0n) is 10.1. The van der Waals surface area contributed by atoms with Gasteiger partial charge in [0, 0.05) is 13.1 Å². The Morgan fingerprint density at radius 3 is 2.76 bits per heavy atom. The van der Waals surface area contributed by atoms with Crippen molar-refractivity contribution in [3.8, 4) is 0 Å². The van der Waals surface area contributed by atoms with Crippen molar-refractivity contribution in [1.29, 1.82) is 0 Å². The summed E-state index contributed by atoms with van der Waals surface area (Å²) in [6.07, 6.45) is 0.0327. The molecule has 0 radical (unpaired) electrons. The molecule has 1 aromatic rings. The second-order valence-corrected chi connectivity index (χ2v) is 4.32. The molecule has 1 fully saturated rings. The zero-order valence-corrected chi connectivity index (χ0v) is 10.1. The Morgan fingerprint density at radius 2 is 2.18 bits per heavy atom. The van der Waals surface area contributed by atoms with Crippen LogP contribution in [0.4, 0.5) is 0 Å². The van der Waals surface area contributed by atoms with Crippen molar-refractivity contribution in [2.24, 2.45) is 0 Å². The van der Waals surface area contributed by atoms with E-state index < -0.39 is 5.97 Å². The van der Waals surface area contributed by atoms with E-state index in [0.29, 0.717) is 12.2 Å². The smallest absolute Gasteiger partial charge is 0.335 e. The second-order valence-electron chi connectivity index (χ2n) is 4.32. The van der Waals surface area contributed by atoms with Crippen LogP contribution in [0.25, 0.3) is 0 Å². The first-order valence-electron chi connectivity index (χ1n) is 5.77. The van der Waals surface area contributed by atoms with Gasteiger partial charge in [-0.2, -0.15) is 0 Å². The van der Waals surface area contributed by atoms with Gasteiger partial charge in [-0.3, -0.25) is 0 Å². The first-order chi connectivity index (χ1) is 8.11. The van der Waals surface area contributed by atoms with Crippen LogP contribution in [0.3, 0.4) is 0 Å². The van der Waals surface area contributed by atoms with Gasteiger partial charge in [0.25, 0.3) is 0 Å². The maximum absolute atomic E-state index is 11.0. The molecular formula is C13H17NO3. The highest BCUT2D eigenvalue weighted by Gasteiger charge is 2.20. The molecule has 1 atom stereocenters. The van der Waals surface area contributed by atoms with E-state index in [1.165, 1.54) is 0 Å². The average Bonchev–Trinajstić information content (AvgIpc) is 2.33. The number of benzene rings is 1. The fourth-order valence-electron chi connectivity index (χ4n) is 2.19. The number of carboxylic acid groups (broad SMARTS) is 1. The number of ether oxygens (including phenoxy) is 1. The minimum absolute atomic E-state index is 0.0327. The van der Waals surface area contributed by atoms with Crippen LogP contribution in [0.15, 0.2) is 12.1 Å². The lowest BCUT2D eigenvalue weighted by atomic mass is 9.94. The molecule has 1 aliphatic heterocycles. The van der Waals surface area contributed by atoms with Gasteiger partial charge >= 0.3 is 5.97 Å². The molecule has 0 aromatic heterocycles. The minimum Gasteiger partial charge on any atom is -0.478 e. The van der Waals surface area contributed by atoms with Crippen molar-refractivity contribution < 1.29 is 14.6 Å². The Morgan fingerprint density at radius 1 is 1.41 bits per heavy atom. The highest BCUT2D eigenvalue weighted by Crippen LogP contribution is 2.26. The van der Waals surface area contributed by atoms with Gasteiger partial charge in [-0.15, -0.1) is 0 Å². The summed E-state index contributed by atoms with van der Waals surface area (Å²) in [5, 5.41) is 12.3. The number of carboxylic acids is 1. The lowest BCUT2D eigenvalue weighted by Crippen LogP contribution is -2.33. The minimum atomic E-state index is -0.875. The summed E-state index contributed by atoms with van der Waals surface area (Å²) in [5.74, 6) is -0.875. The van der Waals surface area contributed by atoms with Gasteiger partial charge in [-0.05, 0) is 36.6 Å². The maximum Gasteiger partial charge on any atom is 0.335 e. The molecule has 4 heteroatoms. The Labute approximate surface area is 101 Å². The molecule has 2 rings (SSSR count). The van der Waals surface area contributed by atoms with Crippen LogP contribution in [0, 0.1) is 13.8 Å². The molecule has 0 spiro atoms. The number of aromatic carboxylic acids is 1. The summed E-state index contributed by atoms with van der Waals surface area (Å²) >= 11 is 0. The number of rotatable bonds is 2. The maximum atomic E-state index is 11.0. The Bertz CT molecular complexity index is 437. The van der Waals surface area contributed by atoms with E-state index in [0.717, 1.165) is 29.8 Å². The van der Waals surface area contributed by atoms with Gasteiger partial charge in [0.05, 0.1) is 18.3 Å². The lowest BCUT2D eigenvalue weighted by Gasteiger charge is -2.26. The van der Waals surface area contributed by atoms with E-state index in [4.69, 9.17) is 9.84 Å². The van der Waals surface area contributed by atoms with Crippen LogP contribution in [0.5, 0.6) is 0 Å². The average molecular weight is 235 g/mol. The Hall–Kier alpha value is -1.39. The molecule has 92 valence electrons. The predicted molar refractivity (Wildman–Crippen MR) is 64.4 cm³/mol. The van der Waals surface area contributed by atoms with Crippen molar-refractivity contribution in [3.63, 3.8) is 0 Å². The molecule has 1 aliphatic rings. The van der Waals surface area contributed by atoms with E-state index in [9.17, 15) is 4.79 Å². The summed E-state index contributed by atoms with van der Waals surface area (Å²) in [4.78, 5) is 11.0. The standard InChI is InChI=1S/C13H17NO3/c1-8-9(2)11(13(15)16)4-3-10(8)12-7-14-5-6-17-12/h3-4,12,14H,5-7H2,1-2H3,(H,15,16).